The number of nitrogens with zero attached hydrogens (tertiary/aromatic N) is 3. The average Bonchev–Trinajstić information content (AvgIpc) is 3.09. The number of aromatic hydroxyl groups is 1. The first-order valence-electron chi connectivity index (χ1n) is 7.67. The van der Waals surface area contributed by atoms with Gasteiger partial charge in [0, 0.05) is 10.9 Å². The van der Waals surface area contributed by atoms with Gasteiger partial charge in [0.05, 0.1) is 11.6 Å². The molecule has 25 heavy (non-hydrogen) atoms. The molecule has 0 fully saturated rings. The van der Waals surface area contributed by atoms with Crippen molar-refractivity contribution in [1.29, 1.82) is 0 Å². The van der Waals surface area contributed by atoms with Crippen LogP contribution >= 0.6 is 11.3 Å². The predicted octanol–water partition coefficient (Wildman–Crippen LogP) is 4.51. The molecule has 2 aromatic heterocycles. The topological polar surface area (TPSA) is 70.4 Å². The van der Waals surface area contributed by atoms with Crippen molar-refractivity contribution in [3.05, 3.63) is 71.9 Å². The van der Waals surface area contributed by atoms with Gasteiger partial charge >= 0.3 is 0 Å². The lowest BCUT2D eigenvalue weighted by Gasteiger charge is -2.04. The fourth-order valence-corrected chi connectivity index (χ4v) is 3.43. The molecule has 2 aromatic carbocycles. The fourth-order valence-electron chi connectivity index (χ4n) is 2.52. The molecular formula is C19H14N4OS. The molecule has 0 saturated carbocycles. The number of benzene rings is 2. The number of rotatable bonds is 4. The lowest BCUT2D eigenvalue weighted by molar-refractivity contribution is 0.475. The van der Waals surface area contributed by atoms with Crippen molar-refractivity contribution in [1.82, 2.24) is 9.97 Å². The molecule has 0 spiro atoms. The normalized spacial score (nSPS) is 11.2. The van der Waals surface area contributed by atoms with Crippen LogP contribution in [0.4, 0.5) is 5.82 Å². The SMILES string of the molecule is Oc1ccc(/C=N/Nc2ncnc3scc(-c4ccccc4)c23)cc1. The van der Waals surface area contributed by atoms with Crippen LogP contribution in [0.5, 0.6) is 5.75 Å². The minimum absolute atomic E-state index is 0.230. The molecular weight excluding hydrogens is 332 g/mol. The summed E-state index contributed by atoms with van der Waals surface area (Å²) in [6, 6.07) is 17.0. The van der Waals surface area contributed by atoms with E-state index in [0.29, 0.717) is 5.82 Å². The molecule has 4 aromatic rings. The van der Waals surface area contributed by atoms with Crippen LogP contribution in [-0.4, -0.2) is 21.3 Å². The van der Waals surface area contributed by atoms with E-state index in [2.05, 4.69) is 38.0 Å². The second-order valence-electron chi connectivity index (χ2n) is 5.38. The molecule has 0 unspecified atom stereocenters. The number of phenolic OH excluding ortho intramolecular Hbond substituents is 1. The van der Waals surface area contributed by atoms with Crippen molar-refractivity contribution in [3.8, 4) is 16.9 Å². The number of phenols is 1. The van der Waals surface area contributed by atoms with E-state index in [1.165, 1.54) is 6.33 Å². The molecule has 0 amide bonds. The summed E-state index contributed by atoms with van der Waals surface area (Å²) in [6.45, 7) is 0. The highest BCUT2D eigenvalue weighted by atomic mass is 32.1. The molecule has 4 rings (SSSR count). The van der Waals surface area contributed by atoms with Crippen LogP contribution in [0.15, 0.2) is 71.4 Å². The molecule has 6 heteroatoms. The Morgan fingerprint density at radius 3 is 2.60 bits per heavy atom. The Kier molecular flexibility index (Phi) is 4.10. The third kappa shape index (κ3) is 3.20. The number of hydrogen-bond acceptors (Lipinski definition) is 6. The highest BCUT2D eigenvalue weighted by Crippen LogP contribution is 2.36. The zero-order chi connectivity index (χ0) is 17.1. The largest absolute Gasteiger partial charge is 0.508 e. The number of nitrogens with one attached hydrogen (secondary N) is 1. The van der Waals surface area contributed by atoms with Crippen LogP contribution in [0.2, 0.25) is 0 Å². The number of anilines is 1. The Morgan fingerprint density at radius 1 is 1.00 bits per heavy atom. The van der Waals surface area contributed by atoms with Gasteiger partial charge in [-0.3, -0.25) is 5.43 Å². The fraction of sp³-hybridized carbons (Fsp3) is 0. The van der Waals surface area contributed by atoms with Crippen LogP contribution in [0.3, 0.4) is 0 Å². The van der Waals surface area contributed by atoms with E-state index >= 15 is 0 Å². The maximum atomic E-state index is 9.32. The first-order chi connectivity index (χ1) is 12.3. The summed E-state index contributed by atoms with van der Waals surface area (Å²) in [6.07, 6.45) is 3.22. The summed E-state index contributed by atoms with van der Waals surface area (Å²) in [7, 11) is 0. The van der Waals surface area contributed by atoms with E-state index < -0.39 is 0 Å². The lowest BCUT2D eigenvalue weighted by atomic mass is 10.1. The second kappa shape index (κ2) is 6.70. The summed E-state index contributed by atoms with van der Waals surface area (Å²) < 4.78 is 0. The van der Waals surface area contributed by atoms with Crippen LogP contribution in [0.25, 0.3) is 21.3 Å². The van der Waals surface area contributed by atoms with Crippen LogP contribution in [0.1, 0.15) is 5.56 Å². The van der Waals surface area contributed by atoms with Gasteiger partial charge in [-0.15, -0.1) is 11.3 Å². The molecule has 0 bridgehead atoms. The van der Waals surface area contributed by atoms with E-state index in [4.69, 9.17) is 0 Å². The molecule has 5 nitrogen and oxygen atoms in total. The van der Waals surface area contributed by atoms with E-state index in [-0.39, 0.29) is 5.75 Å². The lowest BCUT2D eigenvalue weighted by Crippen LogP contribution is -1.95. The van der Waals surface area contributed by atoms with Gasteiger partial charge in [0.25, 0.3) is 0 Å². The number of thiophene rings is 1. The van der Waals surface area contributed by atoms with Gasteiger partial charge in [-0.2, -0.15) is 5.10 Å². The number of hydrogen-bond donors (Lipinski definition) is 2. The summed E-state index contributed by atoms with van der Waals surface area (Å²) >= 11 is 1.58. The second-order valence-corrected chi connectivity index (χ2v) is 6.24. The van der Waals surface area contributed by atoms with Gasteiger partial charge in [0.1, 0.15) is 16.9 Å². The maximum absolute atomic E-state index is 9.32. The standard InChI is InChI=1S/C19H14N4OS/c24-15-8-6-13(7-9-15)10-22-23-18-17-16(14-4-2-1-3-5-14)11-25-19(17)21-12-20-18/h1-12,24H,(H,20,21,23)/b22-10+. The Balaban J connectivity index is 1.68. The van der Waals surface area contributed by atoms with Crippen molar-refractivity contribution >= 4 is 33.6 Å². The van der Waals surface area contributed by atoms with Crippen LogP contribution in [0, 0.1) is 0 Å². The molecule has 0 saturated heterocycles. The summed E-state index contributed by atoms with van der Waals surface area (Å²) in [5.41, 5.74) is 6.09. The number of hydrazone groups is 1. The Morgan fingerprint density at radius 2 is 1.80 bits per heavy atom. The van der Waals surface area contributed by atoms with Gasteiger partial charge < -0.3 is 5.11 Å². The minimum atomic E-state index is 0.230. The summed E-state index contributed by atoms with van der Waals surface area (Å²) in [5.74, 6) is 0.897. The molecule has 0 aliphatic carbocycles. The van der Waals surface area contributed by atoms with Gasteiger partial charge in [0.15, 0.2) is 5.82 Å². The molecule has 2 N–H and O–H groups in total. The monoisotopic (exact) mass is 346 g/mol. The highest BCUT2D eigenvalue weighted by Gasteiger charge is 2.12. The first kappa shape index (κ1) is 15.3. The van der Waals surface area contributed by atoms with E-state index in [1.54, 1.807) is 41.8 Å². The average molecular weight is 346 g/mol. The van der Waals surface area contributed by atoms with E-state index in [9.17, 15) is 5.11 Å². The van der Waals surface area contributed by atoms with E-state index in [1.807, 2.05) is 18.2 Å². The van der Waals surface area contributed by atoms with Crippen molar-refractivity contribution < 1.29 is 5.11 Å². The van der Waals surface area contributed by atoms with Gasteiger partial charge in [-0.25, -0.2) is 9.97 Å². The van der Waals surface area contributed by atoms with Crippen LogP contribution in [-0.2, 0) is 0 Å². The zero-order valence-electron chi connectivity index (χ0n) is 13.1. The van der Waals surface area contributed by atoms with Gasteiger partial charge in [-0.1, -0.05) is 30.3 Å². The van der Waals surface area contributed by atoms with Crippen molar-refractivity contribution in [2.24, 2.45) is 5.10 Å². The van der Waals surface area contributed by atoms with Crippen LogP contribution < -0.4 is 5.43 Å². The molecule has 122 valence electrons. The van der Waals surface area contributed by atoms with Crippen molar-refractivity contribution in [3.63, 3.8) is 0 Å². The van der Waals surface area contributed by atoms with E-state index in [0.717, 1.165) is 26.9 Å². The Bertz CT molecular complexity index is 1030. The minimum Gasteiger partial charge on any atom is -0.508 e. The smallest absolute Gasteiger partial charge is 0.159 e. The number of aromatic nitrogens is 2. The van der Waals surface area contributed by atoms with Crippen molar-refractivity contribution in [2.75, 3.05) is 5.43 Å². The van der Waals surface area contributed by atoms with Crippen molar-refractivity contribution in [2.45, 2.75) is 0 Å². The molecule has 0 aliphatic heterocycles. The number of fused-ring (bicyclic) bond motifs is 1. The molecule has 0 aliphatic rings. The highest BCUT2D eigenvalue weighted by molar-refractivity contribution is 7.17. The maximum Gasteiger partial charge on any atom is 0.159 e. The first-order valence-corrected chi connectivity index (χ1v) is 8.55. The molecule has 0 atom stereocenters. The van der Waals surface area contributed by atoms with Gasteiger partial charge in [-0.05, 0) is 35.4 Å². The zero-order valence-corrected chi connectivity index (χ0v) is 13.9. The quantitative estimate of drug-likeness (QED) is 0.421. The third-order valence-electron chi connectivity index (χ3n) is 3.73. The Labute approximate surface area is 148 Å². The Hall–Kier alpha value is -3.25. The summed E-state index contributed by atoms with van der Waals surface area (Å²) in [5, 5.41) is 16.6. The summed E-state index contributed by atoms with van der Waals surface area (Å²) in [4.78, 5) is 9.61. The molecule has 0 radical (unpaired) electrons. The predicted molar refractivity (Wildman–Crippen MR) is 102 cm³/mol. The molecule has 2 heterocycles. The third-order valence-corrected chi connectivity index (χ3v) is 4.62. The van der Waals surface area contributed by atoms with Gasteiger partial charge in [0.2, 0.25) is 0 Å².